The van der Waals surface area contributed by atoms with E-state index in [2.05, 4.69) is 5.32 Å². The number of anilines is 1. The van der Waals surface area contributed by atoms with E-state index in [9.17, 15) is 9.59 Å². The Kier molecular flexibility index (Phi) is 5.30. The van der Waals surface area contributed by atoms with Crippen LogP contribution in [0.2, 0.25) is 0 Å². The van der Waals surface area contributed by atoms with Crippen molar-refractivity contribution in [3.63, 3.8) is 0 Å². The van der Waals surface area contributed by atoms with E-state index in [1.807, 2.05) is 6.07 Å². The van der Waals surface area contributed by atoms with Gasteiger partial charge in [0.1, 0.15) is 0 Å². The van der Waals surface area contributed by atoms with E-state index in [0.717, 1.165) is 0 Å². The largest absolute Gasteiger partial charge is 0.449 e. The summed E-state index contributed by atoms with van der Waals surface area (Å²) in [5.74, 6) is -1.02. The van der Waals surface area contributed by atoms with Gasteiger partial charge in [0.2, 0.25) is 0 Å². The Hall–Kier alpha value is -2.61. The van der Waals surface area contributed by atoms with Crippen LogP contribution in [0.1, 0.15) is 19.4 Å². The molecule has 0 aromatic heterocycles. The Morgan fingerprint density at radius 1 is 1.47 bits per heavy atom. The number of rotatable bonds is 4. The third kappa shape index (κ3) is 4.64. The summed E-state index contributed by atoms with van der Waals surface area (Å²) in [5.41, 5.74) is 0.925. The van der Waals surface area contributed by atoms with Crippen LogP contribution in [0, 0.1) is 11.3 Å². The molecule has 98 valence electrons. The summed E-state index contributed by atoms with van der Waals surface area (Å²) < 4.78 is 4.88. The van der Waals surface area contributed by atoms with Gasteiger partial charge in [-0.2, -0.15) is 5.26 Å². The third-order valence-corrected chi connectivity index (χ3v) is 2.22. The van der Waals surface area contributed by atoms with Crippen molar-refractivity contribution in [1.29, 1.82) is 5.26 Å². The van der Waals surface area contributed by atoms with Crippen molar-refractivity contribution in [2.45, 2.75) is 20.0 Å². The average molecular weight is 258 g/mol. The van der Waals surface area contributed by atoms with Crippen LogP contribution < -0.4 is 5.32 Å². The number of nitriles is 1. The van der Waals surface area contributed by atoms with Gasteiger partial charge in [-0.25, -0.2) is 4.79 Å². The molecule has 5 heteroatoms. The van der Waals surface area contributed by atoms with E-state index in [1.165, 1.54) is 19.1 Å². The normalized spacial score (nSPS) is 11.6. The summed E-state index contributed by atoms with van der Waals surface area (Å²) in [6.07, 6.45) is 1.86. The highest BCUT2D eigenvalue weighted by atomic mass is 16.5. The number of esters is 1. The van der Waals surface area contributed by atoms with E-state index in [0.29, 0.717) is 11.3 Å². The SMILES string of the molecule is C/C=C/C(=O)O[C@@H](C)C(=O)Nc1cccc(C#N)c1. The zero-order valence-electron chi connectivity index (χ0n) is 10.7. The molecule has 1 amide bonds. The van der Waals surface area contributed by atoms with E-state index in [1.54, 1.807) is 31.2 Å². The number of nitrogens with zero attached hydrogens (tertiary/aromatic N) is 1. The number of nitrogens with one attached hydrogen (secondary N) is 1. The van der Waals surface area contributed by atoms with E-state index in [-0.39, 0.29) is 0 Å². The highest BCUT2D eigenvalue weighted by molar-refractivity contribution is 5.96. The first kappa shape index (κ1) is 14.5. The summed E-state index contributed by atoms with van der Waals surface area (Å²) in [7, 11) is 0. The molecule has 0 aliphatic carbocycles. The molecular weight excluding hydrogens is 244 g/mol. The molecule has 1 N–H and O–H groups in total. The van der Waals surface area contributed by atoms with Gasteiger partial charge in [0.15, 0.2) is 6.10 Å². The molecule has 0 saturated heterocycles. The van der Waals surface area contributed by atoms with Crippen molar-refractivity contribution in [1.82, 2.24) is 0 Å². The molecule has 1 aromatic carbocycles. The first-order valence-electron chi connectivity index (χ1n) is 5.71. The second-order valence-electron chi connectivity index (χ2n) is 3.76. The Morgan fingerprint density at radius 2 is 2.21 bits per heavy atom. The minimum absolute atomic E-state index is 0.441. The van der Waals surface area contributed by atoms with Gasteiger partial charge >= 0.3 is 5.97 Å². The maximum Gasteiger partial charge on any atom is 0.331 e. The number of amides is 1. The molecule has 1 rings (SSSR count). The molecule has 0 saturated carbocycles. The molecule has 1 aromatic rings. The van der Waals surface area contributed by atoms with Crippen molar-refractivity contribution in [3.05, 3.63) is 42.0 Å². The maximum atomic E-state index is 11.8. The number of carbonyl (C=O) groups excluding carboxylic acids is 2. The quantitative estimate of drug-likeness (QED) is 0.661. The molecule has 0 unspecified atom stereocenters. The van der Waals surface area contributed by atoms with Crippen molar-refractivity contribution < 1.29 is 14.3 Å². The highest BCUT2D eigenvalue weighted by Gasteiger charge is 2.16. The Morgan fingerprint density at radius 3 is 2.84 bits per heavy atom. The van der Waals surface area contributed by atoms with Gasteiger partial charge < -0.3 is 10.1 Å². The van der Waals surface area contributed by atoms with Gasteiger partial charge in [0, 0.05) is 11.8 Å². The number of ether oxygens (including phenoxy) is 1. The molecule has 0 fully saturated rings. The van der Waals surface area contributed by atoms with Crippen LogP contribution in [0.4, 0.5) is 5.69 Å². The molecule has 1 atom stereocenters. The molecule has 19 heavy (non-hydrogen) atoms. The van der Waals surface area contributed by atoms with E-state index < -0.39 is 18.0 Å². The van der Waals surface area contributed by atoms with Crippen LogP contribution in [0.5, 0.6) is 0 Å². The lowest BCUT2D eigenvalue weighted by molar-refractivity contribution is -0.148. The van der Waals surface area contributed by atoms with Crippen LogP contribution in [0.3, 0.4) is 0 Å². The Labute approximate surface area is 111 Å². The molecule has 0 heterocycles. The van der Waals surface area contributed by atoms with Crippen LogP contribution in [0.15, 0.2) is 36.4 Å². The summed E-state index contributed by atoms with van der Waals surface area (Å²) >= 11 is 0. The van der Waals surface area contributed by atoms with Gasteiger partial charge in [-0.15, -0.1) is 0 Å². The van der Waals surface area contributed by atoms with Crippen molar-refractivity contribution in [3.8, 4) is 6.07 Å². The Balaban J connectivity index is 2.63. The molecule has 0 bridgehead atoms. The fourth-order valence-corrected chi connectivity index (χ4v) is 1.31. The first-order chi connectivity index (χ1) is 9.06. The Bertz CT molecular complexity index is 544. The van der Waals surface area contributed by atoms with Crippen molar-refractivity contribution in [2.75, 3.05) is 5.32 Å². The third-order valence-electron chi connectivity index (χ3n) is 2.22. The summed E-state index contributed by atoms with van der Waals surface area (Å²) in [5, 5.41) is 11.3. The summed E-state index contributed by atoms with van der Waals surface area (Å²) in [6, 6.07) is 8.45. The molecule has 5 nitrogen and oxygen atoms in total. The minimum Gasteiger partial charge on any atom is -0.449 e. The second kappa shape index (κ2) is 6.97. The fourth-order valence-electron chi connectivity index (χ4n) is 1.31. The predicted octanol–water partition coefficient (Wildman–Crippen LogP) is 2.00. The zero-order valence-corrected chi connectivity index (χ0v) is 10.7. The molecule has 0 spiro atoms. The lowest BCUT2D eigenvalue weighted by Gasteiger charge is -2.12. The van der Waals surface area contributed by atoms with Gasteiger partial charge in [0.05, 0.1) is 11.6 Å². The number of hydrogen-bond donors (Lipinski definition) is 1. The first-order valence-corrected chi connectivity index (χ1v) is 5.71. The second-order valence-corrected chi connectivity index (χ2v) is 3.76. The number of allylic oxidation sites excluding steroid dienone is 1. The van der Waals surface area contributed by atoms with Crippen LogP contribution >= 0.6 is 0 Å². The van der Waals surface area contributed by atoms with Gasteiger partial charge in [-0.05, 0) is 32.0 Å². The van der Waals surface area contributed by atoms with Gasteiger partial charge in [-0.3, -0.25) is 4.79 Å². The molecular formula is C14H14N2O3. The monoisotopic (exact) mass is 258 g/mol. The molecule has 0 aliphatic heterocycles. The smallest absolute Gasteiger partial charge is 0.331 e. The minimum atomic E-state index is -0.908. The van der Waals surface area contributed by atoms with Crippen molar-refractivity contribution >= 4 is 17.6 Å². The lowest BCUT2D eigenvalue weighted by atomic mass is 10.2. The number of hydrogen-bond acceptors (Lipinski definition) is 4. The highest BCUT2D eigenvalue weighted by Crippen LogP contribution is 2.10. The number of carbonyl (C=O) groups is 2. The maximum absolute atomic E-state index is 11.8. The summed E-state index contributed by atoms with van der Waals surface area (Å²) in [4.78, 5) is 22.9. The zero-order chi connectivity index (χ0) is 14.3. The van der Waals surface area contributed by atoms with Crippen LogP contribution in [-0.2, 0) is 14.3 Å². The number of benzene rings is 1. The molecule has 0 aliphatic rings. The molecule has 0 radical (unpaired) electrons. The van der Waals surface area contributed by atoms with Crippen molar-refractivity contribution in [2.24, 2.45) is 0 Å². The van der Waals surface area contributed by atoms with E-state index >= 15 is 0 Å². The fraction of sp³-hybridized carbons (Fsp3) is 0.214. The van der Waals surface area contributed by atoms with Crippen LogP contribution in [0.25, 0.3) is 0 Å². The standard InChI is InChI=1S/C14H14N2O3/c1-3-5-13(17)19-10(2)14(18)16-12-7-4-6-11(8-12)9-15/h3-8,10H,1-2H3,(H,16,18)/b5-3+/t10-/m0/s1. The lowest BCUT2D eigenvalue weighted by Crippen LogP contribution is -2.29. The van der Waals surface area contributed by atoms with Crippen LogP contribution in [-0.4, -0.2) is 18.0 Å². The van der Waals surface area contributed by atoms with Gasteiger partial charge in [0.25, 0.3) is 5.91 Å². The predicted molar refractivity (Wildman–Crippen MR) is 70.2 cm³/mol. The van der Waals surface area contributed by atoms with Gasteiger partial charge in [-0.1, -0.05) is 12.1 Å². The summed E-state index contributed by atoms with van der Waals surface area (Å²) in [6.45, 7) is 3.16. The average Bonchev–Trinajstić information content (AvgIpc) is 2.39. The van der Waals surface area contributed by atoms with E-state index in [4.69, 9.17) is 10.00 Å². The topological polar surface area (TPSA) is 79.2 Å².